The highest BCUT2D eigenvalue weighted by molar-refractivity contribution is 5.81. The molecule has 0 aromatic carbocycles. The summed E-state index contributed by atoms with van der Waals surface area (Å²) in [5.74, 6) is -0.798. The number of carboxylic acid groups (broad SMARTS) is 1. The topological polar surface area (TPSA) is 135 Å². The summed E-state index contributed by atoms with van der Waals surface area (Å²) < 4.78 is 0. The molecule has 0 aromatic heterocycles. The molecular weight excluding hydrogens is 436 g/mol. The second kappa shape index (κ2) is 22.0. The van der Waals surface area contributed by atoms with Gasteiger partial charge in [0, 0.05) is 0 Å². The largest absolute Gasteiger partial charge is 0.479 e. The average molecular weight is 489 g/mol. The molecule has 7 nitrogen and oxygen atoms in total. The van der Waals surface area contributed by atoms with Crippen LogP contribution in [0.5, 0.6) is 0 Å². The summed E-state index contributed by atoms with van der Waals surface area (Å²) in [6.07, 6.45) is 4.19. The third kappa shape index (κ3) is 22.3. The molecule has 0 aliphatic carbocycles. The van der Waals surface area contributed by atoms with Crippen LogP contribution in [0.1, 0.15) is 101 Å². The molecule has 34 heavy (non-hydrogen) atoms. The number of hydrogen-bond donors (Lipinski definition) is 5. The quantitative estimate of drug-likeness (QED) is 0.238. The van der Waals surface area contributed by atoms with E-state index >= 15 is 0 Å². The fourth-order valence-corrected chi connectivity index (χ4v) is 2.48. The van der Waals surface area contributed by atoms with Crippen molar-refractivity contribution in [2.75, 3.05) is 0 Å². The monoisotopic (exact) mass is 488 g/mol. The SMILES string of the molecule is CC(=O)[C@H](O)[C@@H](O)[C@@H](O)[C@H](O)C(=O)O.CC[C@H](C)CCC=C(C)C.CC[C@H](C)CCC=C(C)C. The molecule has 0 radical (unpaired) electrons. The molecule has 0 unspecified atom stereocenters. The fourth-order valence-electron chi connectivity index (χ4n) is 2.48. The van der Waals surface area contributed by atoms with E-state index in [2.05, 4.69) is 67.5 Å². The molecule has 202 valence electrons. The van der Waals surface area contributed by atoms with Gasteiger partial charge in [-0.15, -0.1) is 0 Å². The van der Waals surface area contributed by atoms with E-state index in [-0.39, 0.29) is 0 Å². The molecule has 0 bridgehead atoms. The summed E-state index contributed by atoms with van der Waals surface area (Å²) in [5.41, 5.74) is 2.90. The van der Waals surface area contributed by atoms with E-state index in [1.54, 1.807) is 0 Å². The number of Topliss-reactive ketones (excluding diaryl/α,β-unsaturated/α-hetero) is 1. The van der Waals surface area contributed by atoms with Crippen LogP contribution in [0.4, 0.5) is 0 Å². The first-order chi connectivity index (χ1) is 15.6. The zero-order valence-corrected chi connectivity index (χ0v) is 22.9. The van der Waals surface area contributed by atoms with Gasteiger partial charge in [-0.25, -0.2) is 4.79 Å². The van der Waals surface area contributed by atoms with Crippen LogP contribution in [-0.2, 0) is 9.59 Å². The van der Waals surface area contributed by atoms with Gasteiger partial charge in [-0.05, 0) is 72.1 Å². The number of allylic oxidation sites excluding steroid dienone is 4. The van der Waals surface area contributed by atoms with Crippen molar-refractivity contribution in [2.45, 2.75) is 125 Å². The summed E-state index contributed by atoms with van der Waals surface area (Å²) in [4.78, 5) is 20.7. The predicted molar refractivity (Wildman–Crippen MR) is 139 cm³/mol. The van der Waals surface area contributed by atoms with Crippen LogP contribution in [0.3, 0.4) is 0 Å². The summed E-state index contributed by atoms with van der Waals surface area (Å²) in [6.45, 7) is 18.8. The Bertz CT molecular complexity index is 538. The van der Waals surface area contributed by atoms with Gasteiger partial charge in [0.15, 0.2) is 11.9 Å². The number of aliphatic hydroxyl groups is 4. The van der Waals surface area contributed by atoms with Gasteiger partial charge in [-0.2, -0.15) is 0 Å². The summed E-state index contributed by atoms with van der Waals surface area (Å²) in [5, 5.41) is 43.9. The Labute approximate surface area is 207 Å². The summed E-state index contributed by atoms with van der Waals surface area (Å²) in [6, 6.07) is 0. The van der Waals surface area contributed by atoms with Gasteiger partial charge in [-0.1, -0.05) is 63.8 Å². The van der Waals surface area contributed by atoms with Crippen molar-refractivity contribution in [1.82, 2.24) is 0 Å². The van der Waals surface area contributed by atoms with Crippen LogP contribution in [0.25, 0.3) is 0 Å². The minimum absolute atomic E-state index is 0.839. The number of hydrogen-bond acceptors (Lipinski definition) is 6. The lowest BCUT2D eigenvalue weighted by Gasteiger charge is -2.22. The predicted octanol–water partition coefficient (Wildman–Crippen LogP) is 4.66. The average Bonchev–Trinajstić information content (AvgIpc) is 2.76. The Morgan fingerprint density at radius 1 is 0.676 bits per heavy atom. The van der Waals surface area contributed by atoms with Crippen molar-refractivity contribution < 1.29 is 35.1 Å². The Kier molecular flexibility index (Phi) is 23.9. The van der Waals surface area contributed by atoms with Gasteiger partial charge in [0.25, 0.3) is 0 Å². The molecule has 0 saturated heterocycles. The second-order valence-corrected chi connectivity index (χ2v) is 9.56. The molecule has 0 aromatic rings. The molecule has 0 rings (SSSR count). The maximum Gasteiger partial charge on any atom is 0.335 e. The highest BCUT2D eigenvalue weighted by atomic mass is 16.4. The molecule has 0 fully saturated rings. The van der Waals surface area contributed by atoms with Gasteiger partial charge in [0.2, 0.25) is 0 Å². The standard InChI is InChI=1S/2C10H20.C7H12O7/c2*1-5-10(4)8-6-7-9(2)3;1-2(8)3(9)4(10)5(11)6(12)7(13)14/h2*7,10H,5-6,8H2,1-4H3;3-6,9-12H,1H3,(H,13,14)/t2*10-;3-,4+,5+,6-/m000/s1. The number of aliphatic hydroxyl groups excluding tert-OH is 4. The zero-order valence-electron chi connectivity index (χ0n) is 22.9. The van der Waals surface area contributed by atoms with E-state index < -0.39 is 36.2 Å². The molecule has 0 aliphatic heterocycles. The van der Waals surface area contributed by atoms with Crippen LogP contribution in [0.2, 0.25) is 0 Å². The number of carbonyl (C=O) groups excluding carboxylic acids is 1. The van der Waals surface area contributed by atoms with E-state index in [4.69, 9.17) is 25.5 Å². The van der Waals surface area contributed by atoms with Gasteiger partial charge in [0.05, 0.1) is 0 Å². The number of aliphatic carboxylic acids is 1. The highest BCUT2D eigenvalue weighted by Gasteiger charge is 2.35. The molecule has 5 N–H and O–H groups in total. The molecular formula is C27H52O7. The Balaban J connectivity index is -0.000000434. The van der Waals surface area contributed by atoms with Crippen molar-refractivity contribution in [3.8, 4) is 0 Å². The van der Waals surface area contributed by atoms with Crippen LogP contribution in [-0.4, -0.2) is 61.7 Å². The van der Waals surface area contributed by atoms with Gasteiger partial charge in [0.1, 0.15) is 18.3 Å². The van der Waals surface area contributed by atoms with E-state index in [9.17, 15) is 9.59 Å². The molecule has 7 heteroatoms. The third-order valence-corrected chi connectivity index (χ3v) is 5.48. The van der Waals surface area contributed by atoms with Crippen molar-refractivity contribution in [1.29, 1.82) is 0 Å². The highest BCUT2D eigenvalue weighted by Crippen LogP contribution is 2.11. The van der Waals surface area contributed by atoms with E-state index in [1.165, 1.54) is 49.7 Å². The third-order valence-electron chi connectivity index (χ3n) is 5.48. The number of carbonyl (C=O) groups is 2. The first-order valence-corrected chi connectivity index (χ1v) is 12.3. The van der Waals surface area contributed by atoms with Gasteiger partial charge >= 0.3 is 5.97 Å². The molecule has 0 heterocycles. The van der Waals surface area contributed by atoms with Crippen molar-refractivity contribution in [3.63, 3.8) is 0 Å². The summed E-state index contributed by atoms with van der Waals surface area (Å²) in [7, 11) is 0. The van der Waals surface area contributed by atoms with Crippen LogP contribution in [0.15, 0.2) is 23.3 Å². The molecule has 0 amide bonds. The minimum Gasteiger partial charge on any atom is -0.479 e. The Hall–Kier alpha value is -1.54. The second-order valence-electron chi connectivity index (χ2n) is 9.56. The number of rotatable bonds is 13. The zero-order chi connectivity index (χ0) is 27.4. The number of ketones is 1. The smallest absolute Gasteiger partial charge is 0.335 e. The van der Waals surface area contributed by atoms with Crippen LogP contribution >= 0.6 is 0 Å². The first-order valence-electron chi connectivity index (χ1n) is 12.3. The maximum atomic E-state index is 10.5. The minimum atomic E-state index is -2.25. The fraction of sp³-hybridized carbons (Fsp3) is 0.778. The number of carboxylic acids is 1. The molecule has 0 spiro atoms. The van der Waals surface area contributed by atoms with Crippen molar-refractivity contribution >= 4 is 11.8 Å². The lowest BCUT2D eigenvalue weighted by molar-refractivity contribution is -0.165. The molecule has 6 atom stereocenters. The Morgan fingerprint density at radius 2 is 1.00 bits per heavy atom. The van der Waals surface area contributed by atoms with Crippen LogP contribution < -0.4 is 0 Å². The van der Waals surface area contributed by atoms with E-state index in [0.29, 0.717) is 0 Å². The van der Waals surface area contributed by atoms with E-state index in [1.807, 2.05) is 0 Å². The summed E-state index contributed by atoms with van der Waals surface area (Å²) >= 11 is 0. The maximum absolute atomic E-state index is 10.5. The van der Waals surface area contributed by atoms with Gasteiger partial charge < -0.3 is 25.5 Å². The molecule has 0 saturated carbocycles. The molecule has 0 aliphatic rings. The van der Waals surface area contributed by atoms with Crippen molar-refractivity contribution in [3.05, 3.63) is 23.3 Å². The van der Waals surface area contributed by atoms with Crippen molar-refractivity contribution in [2.24, 2.45) is 11.8 Å². The lowest BCUT2D eigenvalue weighted by atomic mass is 10.0. The van der Waals surface area contributed by atoms with E-state index in [0.717, 1.165) is 18.8 Å². The lowest BCUT2D eigenvalue weighted by Crippen LogP contribution is -2.49. The first kappa shape index (κ1) is 37.0. The van der Waals surface area contributed by atoms with Gasteiger partial charge in [-0.3, -0.25) is 4.79 Å². The van der Waals surface area contributed by atoms with Crippen LogP contribution in [0, 0.1) is 11.8 Å². The normalized spacial score (nSPS) is 15.6. The Morgan fingerprint density at radius 3 is 1.24 bits per heavy atom.